The van der Waals surface area contributed by atoms with E-state index < -0.39 is 11.6 Å². The van der Waals surface area contributed by atoms with Gasteiger partial charge in [-0.2, -0.15) is 0 Å². The van der Waals surface area contributed by atoms with E-state index in [2.05, 4.69) is 0 Å². The molecular weight excluding hydrogens is 534 g/mol. The SMILES string of the molecule is N=C(/C(COCC1(F)CCN(C(=N)c2ccc(C(=O)O)cc2N)CC1)=C(\O)C1CC1)c1c(Cl)cccc1Cl. The third-order valence-corrected chi connectivity index (χ3v) is 7.55. The van der Waals surface area contributed by atoms with Gasteiger partial charge in [-0.25, -0.2) is 9.18 Å². The predicted molar refractivity (Wildman–Crippen MR) is 146 cm³/mol. The van der Waals surface area contributed by atoms with Gasteiger partial charge in [0, 0.05) is 54.2 Å². The number of carboxylic acid groups (broad SMARTS) is 1. The average Bonchev–Trinajstić information content (AvgIpc) is 3.72. The van der Waals surface area contributed by atoms with E-state index in [9.17, 15) is 9.90 Å². The van der Waals surface area contributed by atoms with Crippen molar-refractivity contribution in [3.8, 4) is 0 Å². The summed E-state index contributed by atoms with van der Waals surface area (Å²) < 4.78 is 21.3. The highest BCUT2D eigenvalue weighted by Crippen LogP contribution is 2.38. The third-order valence-electron chi connectivity index (χ3n) is 6.92. The van der Waals surface area contributed by atoms with Gasteiger partial charge in [0.2, 0.25) is 0 Å². The number of nitrogen functional groups attached to an aromatic ring is 1. The van der Waals surface area contributed by atoms with E-state index >= 15 is 4.39 Å². The number of nitrogens with one attached hydrogen (secondary N) is 2. The predicted octanol–water partition coefficient (Wildman–Crippen LogP) is 5.71. The van der Waals surface area contributed by atoms with Crippen molar-refractivity contribution in [3.63, 3.8) is 0 Å². The van der Waals surface area contributed by atoms with E-state index in [1.165, 1.54) is 18.2 Å². The monoisotopic (exact) mass is 562 g/mol. The maximum Gasteiger partial charge on any atom is 0.335 e. The molecule has 2 aliphatic rings. The molecule has 38 heavy (non-hydrogen) atoms. The van der Waals surface area contributed by atoms with Gasteiger partial charge in [0.05, 0.1) is 34.5 Å². The number of rotatable bonds is 9. The first-order valence-corrected chi connectivity index (χ1v) is 12.9. The van der Waals surface area contributed by atoms with Crippen molar-refractivity contribution in [1.82, 2.24) is 4.90 Å². The maximum atomic E-state index is 15.6. The number of aliphatic hydroxyl groups excluding tert-OH is 1. The van der Waals surface area contributed by atoms with Crippen LogP contribution in [0.2, 0.25) is 10.0 Å². The van der Waals surface area contributed by atoms with Crippen LogP contribution in [0.4, 0.5) is 10.1 Å². The molecule has 0 atom stereocenters. The fourth-order valence-electron chi connectivity index (χ4n) is 4.46. The van der Waals surface area contributed by atoms with Crippen molar-refractivity contribution in [2.45, 2.75) is 31.4 Å². The number of amidine groups is 1. The molecule has 1 aliphatic heterocycles. The summed E-state index contributed by atoms with van der Waals surface area (Å²) in [6, 6.07) is 9.07. The van der Waals surface area contributed by atoms with Crippen LogP contribution in [0.25, 0.3) is 0 Å². The maximum absolute atomic E-state index is 15.6. The summed E-state index contributed by atoms with van der Waals surface area (Å²) in [6.45, 7) is 0.0920. The van der Waals surface area contributed by atoms with E-state index in [0.29, 0.717) is 11.1 Å². The molecule has 8 nitrogen and oxygen atoms in total. The summed E-state index contributed by atoms with van der Waals surface area (Å²) in [5.41, 5.74) is 5.39. The molecule has 0 amide bonds. The fourth-order valence-corrected chi connectivity index (χ4v) is 5.04. The number of hydrogen-bond acceptors (Lipinski definition) is 6. The molecule has 2 aromatic rings. The van der Waals surface area contributed by atoms with Gasteiger partial charge in [-0.15, -0.1) is 0 Å². The number of hydrogen-bond donors (Lipinski definition) is 5. The molecule has 0 aromatic heterocycles. The molecule has 1 heterocycles. The Balaban J connectivity index is 1.38. The van der Waals surface area contributed by atoms with E-state index in [1.54, 1.807) is 23.1 Å². The number of allylic oxidation sites excluding steroid dienone is 1. The molecule has 6 N–H and O–H groups in total. The van der Waals surface area contributed by atoms with Crippen LogP contribution in [0, 0.1) is 16.7 Å². The lowest BCUT2D eigenvalue weighted by Crippen LogP contribution is -2.47. The van der Waals surface area contributed by atoms with Crippen molar-refractivity contribution in [2.75, 3.05) is 32.0 Å². The summed E-state index contributed by atoms with van der Waals surface area (Å²) >= 11 is 12.5. The Morgan fingerprint density at radius 3 is 2.32 bits per heavy atom. The molecule has 4 rings (SSSR count). The molecule has 0 spiro atoms. The molecule has 1 saturated heterocycles. The van der Waals surface area contributed by atoms with Gasteiger partial charge in [-0.05, 0) is 43.2 Å². The summed E-state index contributed by atoms with van der Waals surface area (Å²) in [7, 11) is 0. The van der Waals surface area contributed by atoms with Gasteiger partial charge in [-0.1, -0.05) is 29.3 Å². The number of carboxylic acids is 1. The van der Waals surface area contributed by atoms with Crippen molar-refractivity contribution in [3.05, 3.63) is 74.5 Å². The first-order chi connectivity index (χ1) is 18.0. The summed E-state index contributed by atoms with van der Waals surface area (Å²) in [5, 5.41) is 37.6. The van der Waals surface area contributed by atoms with Crippen LogP contribution in [0.1, 0.15) is 47.2 Å². The molecule has 1 saturated carbocycles. The van der Waals surface area contributed by atoms with E-state index in [1.807, 2.05) is 0 Å². The number of nitrogens with zero attached hydrogens (tertiary/aromatic N) is 1. The van der Waals surface area contributed by atoms with Gasteiger partial charge in [-0.3, -0.25) is 10.8 Å². The zero-order valence-electron chi connectivity index (χ0n) is 20.6. The average molecular weight is 563 g/mol. The number of ether oxygens (including phenoxy) is 1. The highest BCUT2D eigenvalue weighted by atomic mass is 35.5. The number of benzene rings is 2. The van der Waals surface area contributed by atoms with E-state index in [4.69, 9.17) is 49.6 Å². The molecule has 2 aromatic carbocycles. The molecule has 1 aliphatic carbocycles. The number of likely N-dealkylation sites (tertiary alicyclic amines) is 1. The Bertz CT molecular complexity index is 1280. The minimum absolute atomic E-state index is 0.0312. The van der Waals surface area contributed by atoms with Gasteiger partial charge >= 0.3 is 5.97 Å². The molecule has 0 unspecified atom stereocenters. The van der Waals surface area contributed by atoms with Crippen molar-refractivity contribution in [2.24, 2.45) is 5.92 Å². The van der Waals surface area contributed by atoms with Crippen molar-refractivity contribution in [1.29, 1.82) is 10.8 Å². The molecule has 2 fully saturated rings. The van der Waals surface area contributed by atoms with E-state index in [0.717, 1.165) is 12.8 Å². The lowest BCUT2D eigenvalue weighted by atomic mass is 9.93. The smallest absolute Gasteiger partial charge is 0.335 e. The van der Waals surface area contributed by atoms with Crippen LogP contribution in [0.15, 0.2) is 47.7 Å². The normalized spacial score (nSPS) is 17.6. The van der Waals surface area contributed by atoms with Gasteiger partial charge < -0.3 is 25.6 Å². The second-order valence-electron chi connectivity index (χ2n) is 9.70. The van der Waals surface area contributed by atoms with Crippen LogP contribution < -0.4 is 5.73 Å². The zero-order chi connectivity index (χ0) is 27.6. The minimum atomic E-state index is -1.65. The van der Waals surface area contributed by atoms with Gasteiger partial charge in [0.15, 0.2) is 0 Å². The molecule has 0 bridgehead atoms. The number of halogens is 3. The number of carbonyl (C=O) groups is 1. The van der Waals surface area contributed by atoms with Crippen LogP contribution in [0.5, 0.6) is 0 Å². The Kier molecular flexibility index (Phi) is 8.30. The van der Waals surface area contributed by atoms with Crippen molar-refractivity contribution >= 4 is 46.4 Å². The zero-order valence-corrected chi connectivity index (χ0v) is 22.1. The highest BCUT2D eigenvalue weighted by molar-refractivity contribution is 6.41. The number of anilines is 1. The first kappa shape index (κ1) is 27.9. The minimum Gasteiger partial charge on any atom is -0.512 e. The van der Waals surface area contributed by atoms with Crippen molar-refractivity contribution < 1.29 is 24.1 Å². The summed E-state index contributed by atoms with van der Waals surface area (Å²) in [6.07, 6.45) is 1.81. The number of alkyl halides is 1. The van der Waals surface area contributed by atoms with Crippen LogP contribution in [-0.2, 0) is 4.74 Å². The Hall–Kier alpha value is -3.14. The topological polar surface area (TPSA) is 144 Å². The third kappa shape index (κ3) is 6.11. The van der Waals surface area contributed by atoms with E-state index in [-0.39, 0.29) is 89.2 Å². The second kappa shape index (κ2) is 11.3. The number of aromatic carboxylic acids is 1. The Morgan fingerprint density at radius 2 is 1.76 bits per heavy atom. The number of aliphatic hydroxyl groups is 1. The van der Waals surface area contributed by atoms with Crippen LogP contribution in [-0.4, -0.2) is 64.6 Å². The number of nitrogens with two attached hydrogens (primary N) is 1. The number of piperidine rings is 1. The quantitative estimate of drug-likeness (QED) is 0.114. The fraction of sp³-hybridized carbons (Fsp3) is 0.370. The Labute approximate surface area is 229 Å². The van der Waals surface area contributed by atoms with Crippen LogP contribution in [0.3, 0.4) is 0 Å². The summed E-state index contributed by atoms with van der Waals surface area (Å²) in [5.74, 6) is -1.01. The van der Waals surface area contributed by atoms with Gasteiger partial charge in [0.1, 0.15) is 17.3 Å². The molecule has 11 heteroatoms. The Morgan fingerprint density at radius 1 is 1.13 bits per heavy atom. The molecule has 202 valence electrons. The summed E-state index contributed by atoms with van der Waals surface area (Å²) in [4.78, 5) is 12.8. The molecule has 0 radical (unpaired) electrons. The lowest BCUT2D eigenvalue weighted by molar-refractivity contribution is -0.00851. The molecular formula is C27H29Cl2FN4O4. The second-order valence-corrected chi connectivity index (χ2v) is 10.5. The largest absolute Gasteiger partial charge is 0.512 e. The first-order valence-electron chi connectivity index (χ1n) is 12.2. The van der Waals surface area contributed by atoms with Gasteiger partial charge in [0.25, 0.3) is 0 Å². The highest BCUT2D eigenvalue weighted by Gasteiger charge is 2.37. The van der Waals surface area contributed by atoms with Crippen LogP contribution >= 0.6 is 23.2 Å². The lowest BCUT2D eigenvalue weighted by Gasteiger charge is -2.37. The standard InChI is InChI=1S/C27H29Cl2FN4O4/c28-19-2-1-3-20(29)22(19)23(32)18(24(35)15-4-5-15)13-38-14-27(30)8-10-34(11-9-27)25(33)17-7-6-16(26(36)37)12-21(17)31/h1-3,6-7,12,15,32-33,35H,4-5,8-11,13-14,31H2,(H,36,37)/b24-18-,32-23?,33-25?.